The van der Waals surface area contributed by atoms with Gasteiger partial charge in [-0.3, -0.25) is 0 Å². The number of hydrogen-bond donors (Lipinski definition) is 0. The maximum absolute atomic E-state index is 5.89. The second kappa shape index (κ2) is 4.78. The van der Waals surface area contributed by atoms with Gasteiger partial charge >= 0.3 is 0 Å². The van der Waals surface area contributed by atoms with Crippen LogP contribution >= 0.6 is 0 Å². The fourth-order valence-corrected chi connectivity index (χ4v) is 3.12. The van der Waals surface area contributed by atoms with Gasteiger partial charge in [0.1, 0.15) is 5.52 Å². The van der Waals surface area contributed by atoms with Crippen LogP contribution in [0.1, 0.15) is 11.3 Å². The number of benzene rings is 1. The number of aromatic nitrogens is 3. The molecular formula is C18H14N4O. The summed E-state index contributed by atoms with van der Waals surface area (Å²) < 4.78 is 5.89. The first-order valence-electron chi connectivity index (χ1n) is 7.71. The summed E-state index contributed by atoms with van der Waals surface area (Å²) in [6.45, 7) is 1.62. The fraction of sp³-hybridized carbons (Fsp3) is 0.167. The summed E-state index contributed by atoms with van der Waals surface area (Å²) in [5.41, 5.74) is 4.90. The minimum Gasteiger partial charge on any atom is -0.423 e. The molecule has 0 unspecified atom stereocenters. The number of anilines is 1. The van der Waals surface area contributed by atoms with Gasteiger partial charge < -0.3 is 9.32 Å². The van der Waals surface area contributed by atoms with Crippen molar-refractivity contribution in [2.75, 3.05) is 11.4 Å². The van der Waals surface area contributed by atoms with E-state index in [0.29, 0.717) is 6.01 Å². The van der Waals surface area contributed by atoms with Gasteiger partial charge in [0, 0.05) is 36.8 Å². The van der Waals surface area contributed by atoms with Crippen LogP contribution in [0, 0.1) is 0 Å². The maximum Gasteiger partial charge on any atom is 0.298 e. The van der Waals surface area contributed by atoms with E-state index in [1.807, 2.05) is 36.4 Å². The molecule has 1 aliphatic rings. The van der Waals surface area contributed by atoms with Crippen LogP contribution in [0.15, 0.2) is 53.1 Å². The van der Waals surface area contributed by atoms with Gasteiger partial charge in [0.05, 0.1) is 0 Å². The molecule has 5 rings (SSSR count). The number of pyridine rings is 2. The number of rotatable bonds is 1. The summed E-state index contributed by atoms with van der Waals surface area (Å²) >= 11 is 0. The fourth-order valence-electron chi connectivity index (χ4n) is 3.12. The molecule has 0 fully saturated rings. The third kappa shape index (κ3) is 2.04. The number of oxazole rings is 1. The molecule has 0 amide bonds. The van der Waals surface area contributed by atoms with Crippen molar-refractivity contribution < 1.29 is 4.42 Å². The van der Waals surface area contributed by atoms with Crippen LogP contribution in [0.2, 0.25) is 0 Å². The van der Waals surface area contributed by atoms with Crippen molar-refractivity contribution in [1.29, 1.82) is 0 Å². The minimum absolute atomic E-state index is 0.683. The van der Waals surface area contributed by atoms with E-state index >= 15 is 0 Å². The summed E-state index contributed by atoms with van der Waals surface area (Å²) in [5, 5.41) is 1.07. The van der Waals surface area contributed by atoms with Crippen molar-refractivity contribution in [3.05, 3.63) is 59.9 Å². The molecule has 1 aromatic carbocycles. The molecule has 0 radical (unpaired) electrons. The molecule has 5 nitrogen and oxygen atoms in total. The molecule has 5 heteroatoms. The van der Waals surface area contributed by atoms with Gasteiger partial charge in [-0.2, -0.15) is 4.98 Å². The van der Waals surface area contributed by atoms with Crippen molar-refractivity contribution in [2.24, 2.45) is 0 Å². The van der Waals surface area contributed by atoms with Crippen molar-refractivity contribution in [1.82, 2.24) is 15.0 Å². The van der Waals surface area contributed by atoms with E-state index in [4.69, 9.17) is 9.40 Å². The van der Waals surface area contributed by atoms with Crippen molar-refractivity contribution >= 4 is 28.1 Å². The Bertz CT molecular complexity index is 991. The Morgan fingerprint density at radius 1 is 1.04 bits per heavy atom. The predicted octanol–water partition coefficient (Wildman–Crippen LogP) is 3.33. The Kier molecular flexibility index (Phi) is 2.61. The van der Waals surface area contributed by atoms with Crippen LogP contribution in [0.5, 0.6) is 0 Å². The Morgan fingerprint density at radius 3 is 2.96 bits per heavy atom. The standard InChI is InChI=1S/C18H14N4O/c1-2-6-16-15(5-1)21-18(23-16)22-9-7-14-13(11-22)10-12-4-3-8-19-17(12)20-14/h1-6,8,10H,7,9,11H2. The Balaban J connectivity index is 1.54. The van der Waals surface area contributed by atoms with Gasteiger partial charge in [-0.25, -0.2) is 9.97 Å². The highest BCUT2D eigenvalue weighted by molar-refractivity contribution is 5.76. The van der Waals surface area contributed by atoms with E-state index in [9.17, 15) is 0 Å². The van der Waals surface area contributed by atoms with Crippen LogP contribution in [0.3, 0.4) is 0 Å². The molecule has 23 heavy (non-hydrogen) atoms. The van der Waals surface area contributed by atoms with E-state index in [0.717, 1.165) is 47.3 Å². The molecule has 0 aliphatic carbocycles. The van der Waals surface area contributed by atoms with Crippen LogP contribution in [0.4, 0.5) is 6.01 Å². The van der Waals surface area contributed by atoms with Gasteiger partial charge in [0.15, 0.2) is 11.2 Å². The highest BCUT2D eigenvalue weighted by atomic mass is 16.4. The largest absolute Gasteiger partial charge is 0.423 e. The predicted molar refractivity (Wildman–Crippen MR) is 88.3 cm³/mol. The maximum atomic E-state index is 5.89. The molecule has 1 aliphatic heterocycles. The third-order valence-corrected chi connectivity index (χ3v) is 4.29. The zero-order valence-corrected chi connectivity index (χ0v) is 12.4. The van der Waals surface area contributed by atoms with Crippen molar-refractivity contribution in [3.63, 3.8) is 0 Å². The molecule has 112 valence electrons. The molecule has 4 heterocycles. The van der Waals surface area contributed by atoms with E-state index in [1.165, 1.54) is 5.56 Å². The quantitative estimate of drug-likeness (QED) is 0.540. The van der Waals surface area contributed by atoms with Crippen LogP contribution in [-0.2, 0) is 13.0 Å². The Morgan fingerprint density at radius 2 is 2.00 bits per heavy atom. The molecule has 0 saturated heterocycles. The van der Waals surface area contributed by atoms with E-state index in [-0.39, 0.29) is 0 Å². The number of hydrogen-bond acceptors (Lipinski definition) is 5. The lowest BCUT2D eigenvalue weighted by atomic mass is 10.0. The van der Waals surface area contributed by atoms with Crippen molar-refractivity contribution in [2.45, 2.75) is 13.0 Å². The molecule has 3 aromatic heterocycles. The summed E-state index contributed by atoms with van der Waals surface area (Å²) in [5.74, 6) is 0. The zero-order valence-electron chi connectivity index (χ0n) is 12.4. The van der Waals surface area contributed by atoms with Gasteiger partial charge in [0.25, 0.3) is 6.01 Å². The molecular weight excluding hydrogens is 288 g/mol. The summed E-state index contributed by atoms with van der Waals surface area (Å²) in [7, 11) is 0. The average Bonchev–Trinajstić information content (AvgIpc) is 3.03. The first kappa shape index (κ1) is 12.6. The van der Waals surface area contributed by atoms with Gasteiger partial charge in [-0.1, -0.05) is 12.1 Å². The lowest BCUT2D eigenvalue weighted by Gasteiger charge is -2.26. The van der Waals surface area contributed by atoms with Gasteiger partial charge in [0.2, 0.25) is 0 Å². The zero-order chi connectivity index (χ0) is 15.2. The highest BCUT2D eigenvalue weighted by Crippen LogP contribution is 2.27. The van der Waals surface area contributed by atoms with E-state index < -0.39 is 0 Å². The van der Waals surface area contributed by atoms with Gasteiger partial charge in [-0.05, 0) is 35.9 Å². The topological polar surface area (TPSA) is 55.1 Å². The first-order valence-corrected chi connectivity index (χ1v) is 7.71. The minimum atomic E-state index is 0.683. The summed E-state index contributed by atoms with van der Waals surface area (Å²) in [4.78, 5) is 15.8. The smallest absolute Gasteiger partial charge is 0.298 e. The summed E-state index contributed by atoms with van der Waals surface area (Å²) in [6.07, 6.45) is 2.66. The number of nitrogens with zero attached hydrogens (tertiary/aromatic N) is 4. The summed E-state index contributed by atoms with van der Waals surface area (Å²) in [6, 6.07) is 14.7. The van der Waals surface area contributed by atoms with Crippen molar-refractivity contribution in [3.8, 4) is 0 Å². The second-order valence-electron chi connectivity index (χ2n) is 5.78. The number of para-hydroxylation sites is 2. The third-order valence-electron chi connectivity index (χ3n) is 4.29. The van der Waals surface area contributed by atoms with Crippen LogP contribution in [-0.4, -0.2) is 21.5 Å². The van der Waals surface area contributed by atoms with E-state index in [2.05, 4.69) is 20.9 Å². The van der Waals surface area contributed by atoms with Gasteiger partial charge in [-0.15, -0.1) is 0 Å². The Labute approximate surface area is 132 Å². The molecule has 0 bridgehead atoms. The average molecular weight is 302 g/mol. The normalized spacial score (nSPS) is 14.3. The number of fused-ring (bicyclic) bond motifs is 3. The SMILES string of the molecule is c1cnc2nc3c(cc2c1)CN(c1nc2ccccc2o1)CC3. The molecule has 0 saturated carbocycles. The molecule has 0 spiro atoms. The van der Waals surface area contributed by atoms with E-state index in [1.54, 1.807) is 6.20 Å². The molecule has 0 N–H and O–H groups in total. The molecule has 0 atom stereocenters. The lowest BCUT2D eigenvalue weighted by molar-refractivity contribution is 0.552. The Hall–Kier alpha value is -2.95. The monoisotopic (exact) mass is 302 g/mol. The highest BCUT2D eigenvalue weighted by Gasteiger charge is 2.22. The second-order valence-corrected chi connectivity index (χ2v) is 5.78. The molecule has 4 aromatic rings. The van der Waals surface area contributed by atoms with Crippen LogP contribution < -0.4 is 4.90 Å². The first-order chi connectivity index (χ1) is 11.4. The lowest BCUT2D eigenvalue weighted by Crippen LogP contribution is -2.31. The van der Waals surface area contributed by atoms with Crippen LogP contribution in [0.25, 0.3) is 22.1 Å².